The molecule has 0 spiro atoms. The first-order valence-corrected chi connectivity index (χ1v) is 9.10. The number of nitrogens with zero attached hydrogens (tertiary/aromatic N) is 1. The van der Waals surface area contributed by atoms with Crippen molar-refractivity contribution in [2.75, 3.05) is 19.0 Å². The fourth-order valence-corrected chi connectivity index (χ4v) is 3.26. The molecule has 2 aromatic carbocycles. The smallest absolute Gasteiger partial charge is 0.264 e. The van der Waals surface area contributed by atoms with Gasteiger partial charge in [-0.3, -0.25) is 10.1 Å². The molecule has 1 N–H and O–H groups in total. The number of carbonyl (C=O) groups excluding carboxylic acids is 1. The van der Waals surface area contributed by atoms with Crippen molar-refractivity contribution in [2.45, 2.75) is 0 Å². The average molecular weight is 380 g/mol. The lowest BCUT2D eigenvalue weighted by atomic mass is 10.2. The van der Waals surface area contributed by atoms with Crippen molar-refractivity contribution in [1.82, 2.24) is 4.98 Å². The number of carbonyl (C=O) groups is 1. The molecule has 1 amide bonds. The van der Waals surface area contributed by atoms with Gasteiger partial charge in [-0.2, -0.15) is 0 Å². The number of methoxy groups -OCH3 is 1. The second kappa shape index (κ2) is 7.51. The van der Waals surface area contributed by atoms with E-state index in [0.717, 1.165) is 16.7 Å². The van der Waals surface area contributed by atoms with Crippen molar-refractivity contribution < 1.29 is 18.7 Å². The van der Waals surface area contributed by atoms with Gasteiger partial charge in [-0.25, -0.2) is 4.98 Å². The normalized spacial score (nSPS) is 10.7. The zero-order valence-electron chi connectivity index (χ0n) is 14.5. The van der Waals surface area contributed by atoms with Crippen LogP contribution in [0.25, 0.3) is 22.4 Å². The van der Waals surface area contributed by atoms with Gasteiger partial charge in [0.1, 0.15) is 22.8 Å². The van der Waals surface area contributed by atoms with Crippen LogP contribution < -0.4 is 14.8 Å². The summed E-state index contributed by atoms with van der Waals surface area (Å²) in [6, 6.07) is 16.7. The zero-order valence-corrected chi connectivity index (χ0v) is 15.3. The van der Waals surface area contributed by atoms with Crippen molar-refractivity contribution in [3.05, 3.63) is 60.0 Å². The first-order chi connectivity index (χ1) is 13.2. The van der Waals surface area contributed by atoms with Gasteiger partial charge < -0.3 is 13.9 Å². The molecule has 4 rings (SSSR count). The monoisotopic (exact) mass is 380 g/mol. The van der Waals surface area contributed by atoms with E-state index in [-0.39, 0.29) is 12.5 Å². The number of benzene rings is 2. The van der Waals surface area contributed by atoms with Gasteiger partial charge in [0.25, 0.3) is 5.91 Å². The predicted molar refractivity (Wildman–Crippen MR) is 104 cm³/mol. The molecule has 0 saturated carbocycles. The molecule has 0 atom stereocenters. The maximum Gasteiger partial charge on any atom is 0.264 e. The molecule has 27 heavy (non-hydrogen) atoms. The molecule has 136 valence electrons. The molecule has 2 heterocycles. The summed E-state index contributed by atoms with van der Waals surface area (Å²) < 4.78 is 16.5. The largest absolute Gasteiger partial charge is 0.497 e. The number of thiazole rings is 1. The number of para-hydroxylation sites is 1. The highest BCUT2D eigenvalue weighted by Gasteiger charge is 2.13. The summed E-state index contributed by atoms with van der Waals surface area (Å²) in [4.78, 5) is 16.5. The number of aromatic nitrogens is 1. The third-order valence-electron chi connectivity index (χ3n) is 3.84. The third-order valence-corrected chi connectivity index (χ3v) is 4.60. The number of amides is 1. The molecule has 0 unspecified atom stereocenters. The van der Waals surface area contributed by atoms with Crippen LogP contribution in [0.5, 0.6) is 11.5 Å². The highest BCUT2D eigenvalue weighted by molar-refractivity contribution is 7.14. The van der Waals surface area contributed by atoms with Gasteiger partial charge in [0, 0.05) is 10.8 Å². The Morgan fingerprint density at radius 3 is 2.81 bits per heavy atom. The van der Waals surface area contributed by atoms with Crippen LogP contribution in [-0.4, -0.2) is 24.6 Å². The molecule has 0 fully saturated rings. The van der Waals surface area contributed by atoms with Crippen molar-refractivity contribution in [2.24, 2.45) is 0 Å². The summed E-state index contributed by atoms with van der Waals surface area (Å²) in [7, 11) is 1.62. The lowest BCUT2D eigenvalue weighted by Crippen LogP contribution is -2.19. The Labute approximate surface area is 159 Å². The Morgan fingerprint density at radius 1 is 1.15 bits per heavy atom. The van der Waals surface area contributed by atoms with Gasteiger partial charge >= 0.3 is 0 Å². The highest BCUT2D eigenvalue weighted by Crippen LogP contribution is 2.31. The molecule has 7 heteroatoms. The summed E-state index contributed by atoms with van der Waals surface area (Å²) in [6.07, 6.45) is 0. The molecular weight excluding hydrogens is 364 g/mol. The van der Waals surface area contributed by atoms with E-state index in [9.17, 15) is 4.79 Å². The van der Waals surface area contributed by atoms with E-state index < -0.39 is 0 Å². The summed E-state index contributed by atoms with van der Waals surface area (Å²) in [5.74, 6) is 1.77. The van der Waals surface area contributed by atoms with Crippen LogP contribution in [0.1, 0.15) is 0 Å². The topological polar surface area (TPSA) is 73.6 Å². The third kappa shape index (κ3) is 3.93. The zero-order chi connectivity index (χ0) is 18.6. The number of nitrogens with one attached hydrogen (secondary N) is 1. The Hall–Kier alpha value is -3.32. The maximum absolute atomic E-state index is 12.0. The van der Waals surface area contributed by atoms with Gasteiger partial charge in [0.2, 0.25) is 0 Å². The van der Waals surface area contributed by atoms with Gasteiger partial charge in [-0.05, 0) is 36.4 Å². The van der Waals surface area contributed by atoms with Crippen LogP contribution in [0.4, 0.5) is 5.13 Å². The number of ether oxygens (including phenoxy) is 2. The fourth-order valence-electron chi connectivity index (χ4n) is 2.54. The van der Waals surface area contributed by atoms with E-state index in [2.05, 4.69) is 10.3 Å². The minimum Gasteiger partial charge on any atom is -0.497 e. The lowest BCUT2D eigenvalue weighted by molar-refractivity contribution is -0.118. The fraction of sp³-hybridized carbons (Fsp3) is 0.100. The first-order valence-electron chi connectivity index (χ1n) is 8.22. The number of furan rings is 1. The van der Waals surface area contributed by atoms with Crippen LogP contribution in [0.15, 0.2) is 64.4 Å². The first kappa shape index (κ1) is 17.1. The second-order valence-electron chi connectivity index (χ2n) is 5.70. The SMILES string of the molecule is COc1ccc2oc(-c3csc(NC(=O)COc4ccccc4)n3)cc2c1. The van der Waals surface area contributed by atoms with Crippen molar-refractivity contribution in [3.8, 4) is 23.0 Å². The Kier molecular flexibility index (Phi) is 4.76. The quantitative estimate of drug-likeness (QED) is 0.530. The van der Waals surface area contributed by atoms with Crippen LogP contribution in [0.2, 0.25) is 0 Å². The van der Waals surface area contributed by atoms with E-state index in [0.29, 0.717) is 22.3 Å². The predicted octanol–water partition coefficient (Wildman–Crippen LogP) is 4.58. The highest BCUT2D eigenvalue weighted by atomic mass is 32.1. The van der Waals surface area contributed by atoms with Crippen LogP contribution in [0, 0.1) is 0 Å². The van der Waals surface area contributed by atoms with E-state index in [1.165, 1.54) is 11.3 Å². The van der Waals surface area contributed by atoms with E-state index >= 15 is 0 Å². The summed E-state index contributed by atoms with van der Waals surface area (Å²) in [5, 5.41) is 5.99. The van der Waals surface area contributed by atoms with Gasteiger partial charge in [0.05, 0.1) is 7.11 Å². The summed E-state index contributed by atoms with van der Waals surface area (Å²) in [6.45, 7) is -0.0800. The van der Waals surface area contributed by atoms with E-state index in [1.807, 2.05) is 47.8 Å². The Balaban J connectivity index is 1.43. The van der Waals surface area contributed by atoms with Crippen LogP contribution >= 0.6 is 11.3 Å². The standard InChI is InChI=1S/C20H16N2O4S/c1-24-15-7-8-17-13(9-15)10-18(26-17)16-12-27-20(21-16)22-19(23)11-25-14-5-3-2-4-6-14/h2-10,12H,11H2,1H3,(H,21,22,23). The molecule has 0 radical (unpaired) electrons. The molecular formula is C20H16N2O4S. The molecule has 4 aromatic rings. The van der Waals surface area contributed by atoms with Crippen LogP contribution in [-0.2, 0) is 4.79 Å². The summed E-state index contributed by atoms with van der Waals surface area (Å²) >= 11 is 1.33. The number of hydrogen-bond acceptors (Lipinski definition) is 6. The molecule has 2 aromatic heterocycles. The molecule has 0 aliphatic rings. The van der Waals surface area contributed by atoms with Gasteiger partial charge in [-0.15, -0.1) is 11.3 Å². The maximum atomic E-state index is 12.0. The van der Waals surface area contributed by atoms with Crippen molar-refractivity contribution in [3.63, 3.8) is 0 Å². The van der Waals surface area contributed by atoms with Crippen molar-refractivity contribution in [1.29, 1.82) is 0 Å². The van der Waals surface area contributed by atoms with Crippen molar-refractivity contribution >= 4 is 33.3 Å². The molecule has 0 saturated heterocycles. The Bertz CT molecular complexity index is 1070. The minimum absolute atomic E-state index is 0.0800. The number of fused-ring (bicyclic) bond motifs is 1. The lowest BCUT2D eigenvalue weighted by Gasteiger charge is -2.05. The molecule has 0 bridgehead atoms. The number of anilines is 1. The Morgan fingerprint density at radius 2 is 2.00 bits per heavy atom. The van der Waals surface area contributed by atoms with Gasteiger partial charge in [0.15, 0.2) is 17.5 Å². The summed E-state index contributed by atoms with van der Waals surface area (Å²) in [5.41, 5.74) is 1.41. The van der Waals surface area contributed by atoms with Crippen LogP contribution in [0.3, 0.4) is 0 Å². The average Bonchev–Trinajstić information content (AvgIpc) is 3.33. The molecule has 0 aliphatic carbocycles. The number of hydrogen-bond donors (Lipinski definition) is 1. The number of rotatable bonds is 6. The van der Waals surface area contributed by atoms with Gasteiger partial charge in [-0.1, -0.05) is 18.2 Å². The molecule has 6 nitrogen and oxygen atoms in total. The minimum atomic E-state index is -0.269. The van der Waals surface area contributed by atoms with E-state index in [4.69, 9.17) is 13.9 Å². The van der Waals surface area contributed by atoms with E-state index in [1.54, 1.807) is 19.2 Å². The molecule has 0 aliphatic heterocycles. The second-order valence-corrected chi connectivity index (χ2v) is 6.56.